The quantitative estimate of drug-likeness (QED) is 0.904. The number of piperazine rings is 1. The molecule has 0 amide bonds. The number of rotatable bonds is 2. The molecule has 4 nitrogen and oxygen atoms in total. The first-order valence-corrected chi connectivity index (χ1v) is 6.51. The molecular weight excluding hydrogens is 266 g/mol. The number of nitrogens with zero attached hydrogens (tertiary/aromatic N) is 2. The van der Waals surface area contributed by atoms with Crippen molar-refractivity contribution in [3.63, 3.8) is 0 Å². The highest BCUT2D eigenvalue weighted by atomic mass is 19.2. The Labute approximate surface area is 116 Å². The summed E-state index contributed by atoms with van der Waals surface area (Å²) in [6.07, 6.45) is 0. The molecule has 1 heterocycles. The van der Waals surface area contributed by atoms with E-state index in [2.05, 4.69) is 4.90 Å². The molecule has 2 unspecified atom stereocenters. The maximum atomic E-state index is 14.1. The number of aromatic carboxylic acids is 1. The van der Waals surface area contributed by atoms with Crippen LogP contribution in [0.3, 0.4) is 0 Å². The van der Waals surface area contributed by atoms with Gasteiger partial charge < -0.3 is 10.0 Å². The molecule has 2 rings (SSSR count). The molecule has 1 saturated heterocycles. The van der Waals surface area contributed by atoms with Crippen LogP contribution in [0.2, 0.25) is 0 Å². The van der Waals surface area contributed by atoms with E-state index in [0.717, 1.165) is 6.07 Å². The van der Waals surface area contributed by atoms with Crippen molar-refractivity contribution in [1.82, 2.24) is 4.90 Å². The van der Waals surface area contributed by atoms with Gasteiger partial charge in [0, 0.05) is 25.2 Å². The highest BCUT2D eigenvalue weighted by Crippen LogP contribution is 2.27. The first-order valence-electron chi connectivity index (χ1n) is 6.51. The Morgan fingerprint density at radius 3 is 2.25 bits per heavy atom. The number of hydrogen-bond donors (Lipinski definition) is 1. The van der Waals surface area contributed by atoms with Gasteiger partial charge in [0.25, 0.3) is 0 Å². The molecule has 1 fully saturated rings. The van der Waals surface area contributed by atoms with Crippen LogP contribution in [-0.2, 0) is 0 Å². The standard InChI is InChI=1S/C14H18F2N2O2/c1-8-6-18(7-9(2)17(8)3)11-5-4-10(14(19)20)12(15)13(11)16/h4-5,8-9H,6-7H2,1-3H3,(H,19,20). The van der Waals surface area contributed by atoms with Crippen LogP contribution in [0.25, 0.3) is 0 Å². The van der Waals surface area contributed by atoms with Gasteiger partial charge in [0.05, 0.1) is 11.3 Å². The van der Waals surface area contributed by atoms with E-state index >= 15 is 0 Å². The minimum atomic E-state index is -1.46. The Morgan fingerprint density at radius 2 is 1.75 bits per heavy atom. The van der Waals surface area contributed by atoms with E-state index in [1.807, 2.05) is 20.9 Å². The second-order valence-electron chi connectivity index (χ2n) is 5.33. The first kappa shape index (κ1) is 14.7. The molecule has 0 bridgehead atoms. The summed E-state index contributed by atoms with van der Waals surface area (Å²) in [6, 6.07) is 2.87. The van der Waals surface area contributed by atoms with Crippen LogP contribution < -0.4 is 4.90 Å². The normalized spacial score (nSPS) is 23.9. The van der Waals surface area contributed by atoms with Crippen molar-refractivity contribution < 1.29 is 18.7 Å². The van der Waals surface area contributed by atoms with E-state index in [1.165, 1.54) is 6.07 Å². The molecule has 110 valence electrons. The highest BCUT2D eigenvalue weighted by molar-refractivity contribution is 5.88. The molecule has 0 saturated carbocycles. The van der Waals surface area contributed by atoms with Crippen LogP contribution in [0.15, 0.2) is 12.1 Å². The number of likely N-dealkylation sites (N-methyl/N-ethyl adjacent to an activating group) is 1. The second kappa shape index (κ2) is 5.36. The van der Waals surface area contributed by atoms with Crippen LogP contribution in [-0.4, -0.2) is 48.2 Å². The van der Waals surface area contributed by atoms with Gasteiger partial charge in [-0.15, -0.1) is 0 Å². The Balaban J connectivity index is 2.34. The van der Waals surface area contributed by atoms with Gasteiger partial charge in [-0.2, -0.15) is 0 Å². The van der Waals surface area contributed by atoms with E-state index in [-0.39, 0.29) is 17.8 Å². The number of anilines is 1. The van der Waals surface area contributed by atoms with Gasteiger partial charge in [-0.1, -0.05) is 0 Å². The summed E-state index contributed by atoms with van der Waals surface area (Å²) in [7, 11) is 2.00. The molecular formula is C14H18F2N2O2. The molecule has 1 aromatic rings. The summed E-state index contributed by atoms with van der Waals surface area (Å²) < 4.78 is 27.8. The predicted molar refractivity (Wildman–Crippen MR) is 72.2 cm³/mol. The zero-order chi connectivity index (χ0) is 15.0. The fraction of sp³-hybridized carbons (Fsp3) is 0.500. The van der Waals surface area contributed by atoms with Crippen molar-refractivity contribution in [3.8, 4) is 0 Å². The number of halogens is 2. The molecule has 0 aliphatic carbocycles. The molecule has 0 aromatic heterocycles. The summed E-state index contributed by atoms with van der Waals surface area (Å²) in [6.45, 7) is 5.18. The zero-order valence-corrected chi connectivity index (χ0v) is 11.7. The number of carboxylic acids is 1. The maximum absolute atomic E-state index is 14.1. The van der Waals surface area contributed by atoms with Gasteiger partial charge in [0.2, 0.25) is 0 Å². The predicted octanol–water partition coefficient (Wildman–Crippen LogP) is 2.19. The average Bonchev–Trinajstić information content (AvgIpc) is 2.38. The van der Waals surface area contributed by atoms with Gasteiger partial charge in [-0.05, 0) is 33.0 Å². The third-order valence-corrected chi connectivity index (χ3v) is 3.99. The number of benzene rings is 1. The highest BCUT2D eigenvalue weighted by Gasteiger charge is 2.29. The van der Waals surface area contributed by atoms with Gasteiger partial charge >= 0.3 is 5.97 Å². The molecule has 6 heteroatoms. The van der Waals surface area contributed by atoms with Crippen LogP contribution >= 0.6 is 0 Å². The lowest BCUT2D eigenvalue weighted by Gasteiger charge is -2.43. The lowest BCUT2D eigenvalue weighted by Crippen LogP contribution is -2.55. The summed E-state index contributed by atoms with van der Waals surface area (Å²) in [4.78, 5) is 14.7. The molecule has 1 aliphatic heterocycles. The molecule has 1 aliphatic rings. The van der Waals surface area contributed by atoms with Crippen molar-refractivity contribution in [1.29, 1.82) is 0 Å². The Hall–Kier alpha value is -1.69. The molecule has 0 spiro atoms. The minimum Gasteiger partial charge on any atom is -0.478 e. The van der Waals surface area contributed by atoms with E-state index in [1.54, 1.807) is 4.90 Å². The maximum Gasteiger partial charge on any atom is 0.338 e. The summed E-state index contributed by atoms with van der Waals surface area (Å²) in [5, 5.41) is 8.78. The fourth-order valence-electron chi connectivity index (χ4n) is 2.55. The minimum absolute atomic E-state index is 0.124. The van der Waals surface area contributed by atoms with Crippen molar-refractivity contribution >= 4 is 11.7 Å². The fourth-order valence-corrected chi connectivity index (χ4v) is 2.55. The van der Waals surface area contributed by atoms with Crippen LogP contribution in [0, 0.1) is 11.6 Å². The lowest BCUT2D eigenvalue weighted by molar-refractivity contribution is 0.0690. The van der Waals surface area contributed by atoms with Crippen molar-refractivity contribution in [2.45, 2.75) is 25.9 Å². The monoisotopic (exact) mass is 284 g/mol. The Morgan fingerprint density at radius 1 is 1.20 bits per heavy atom. The summed E-state index contributed by atoms with van der Waals surface area (Å²) >= 11 is 0. The van der Waals surface area contributed by atoms with Gasteiger partial charge in [-0.25, -0.2) is 13.6 Å². The summed E-state index contributed by atoms with van der Waals surface area (Å²) in [5.74, 6) is -3.85. The Bertz CT molecular complexity index is 524. The van der Waals surface area contributed by atoms with E-state index in [4.69, 9.17) is 5.11 Å². The van der Waals surface area contributed by atoms with E-state index in [0.29, 0.717) is 13.1 Å². The van der Waals surface area contributed by atoms with Crippen LogP contribution in [0.5, 0.6) is 0 Å². The number of carbonyl (C=O) groups is 1. The molecule has 1 N–H and O–H groups in total. The first-order chi connectivity index (χ1) is 9.32. The van der Waals surface area contributed by atoms with Crippen LogP contribution in [0.1, 0.15) is 24.2 Å². The number of carboxylic acid groups (broad SMARTS) is 1. The van der Waals surface area contributed by atoms with Crippen LogP contribution in [0.4, 0.5) is 14.5 Å². The topological polar surface area (TPSA) is 43.8 Å². The Kier molecular flexibility index (Phi) is 3.94. The smallest absolute Gasteiger partial charge is 0.338 e. The van der Waals surface area contributed by atoms with Crippen molar-refractivity contribution in [3.05, 3.63) is 29.3 Å². The van der Waals surface area contributed by atoms with Crippen molar-refractivity contribution in [2.75, 3.05) is 25.0 Å². The molecule has 2 atom stereocenters. The molecule has 1 aromatic carbocycles. The summed E-state index contributed by atoms with van der Waals surface area (Å²) in [5.41, 5.74) is -0.513. The second-order valence-corrected chi connectivity index (χ2v) is 5.33. The third-order valence-electron chi connectivity index (χ3n) is 3.99. The average molecular weight is 284 g/mol. The van der Waals surface area contributed by atoms with Gasteiger partial charge in [0.1, 0.15) is 0 Å². The lowest BCUT2D eigenvalue weighted by atomic mass is 10.1. The molecule has 20 heavy (non-hydrogen) atoms. The van der Waals surface area contributed by atoms with Gasteiger partial charge in [0.15, 0.2) is 11.6 Å². The van der Waals surface area contributed by atoms with Gasteiger partial charge in [-0.3, -0.25) is 4.90 Å². The third kappa shape index (κ3) is 2.47. The van der Waals surface area contributed by atoms with E-state index < -0.39 is 23.2 Å². The molecule has 0 radical (unpaired) electrons. The SMILES string of the molecule is CC1CN(c2ccc(C(=O)O)c(F)c2F)CC(C)N1C. The van der Waals surface area contributed by atoms with Crippen molar-refractivity contribution in [2.24, 2.45) is 0 Å². The van der Waals surface area contributed by atoms with E-state index in [9.17, 15) is 13.6 Å². The largest absolute Gasteiger partial charge is 0.478 e. The zero-order valence-electron chi connectivity index (χ0n) is 11.7. The number of hydrogen-bond acceptors (Lipinski definition) is 3.